The molecule has 0 aromatic carbocycles. The first-order valence-corrected chi connectivity index (χ1v) is 6.69. The molecule has 2 rings (SSSR count). The molecular formula is C15H24N2. The zero-order valence-electron chi connectivity index (χ0n) is 11.2. The molecule has 17 heavy (non-hydrogen) atoms. The van der Waals surface area contributed by atoms with Crippen LogP contribution in [0.3, 0.4) is 0 Å². The average Bonchev–Trinajstić information content (AvgIpc) is 2.53. The Hall–Kier alpha value is -0.890. The molecule has 1 saturated carbocycles. The smallest absolute Gasteiger partial charge is 0.0300 e. The molecule has 2 heteroatoms. The Balaban J connectivity index is 1.76. The van der Waals surface area contributed by atoms with Crippen molar-refractivity contribution in [1.29, 1.82) is 0 Å². The Labute approximate surface area is 105 Å². The van der Waals surface area contributed by atoms with E-state index in [1.54, 1.807) is 0 Å². The van der Waals surface area contributed by atoms with Crippen molar-refractivity contribution >= 4 is 0 Å². The van der Waals surface area contributed by atoms with Gasteiger partial charge in [-0.3, -0.25) is 4.98 Å². The van der Waals surface area contributed by atoms with Gasteiger partial charge in [-0.15, -0.1) is 0 Å². The molecule has 0 saturated heterocycles. The van der Waals surface area contributed by atoms with Crippen molar-refractivity contribution in [3.8, 4) is 0 Å². The van der Waals surface area contributed by atoms with Crippen LogP contribution >= 0.6 is 0 Å². The molecule has 1 aliphatic rings. The van der Waals surface area contributed by atoms with Crippen LogP contribution in [-0.2, 0) is 6.42 Å². The molecular weight excluding hydrogens is 208 g/mol. The van der Waals surface area contributed by atoms with E-state index in [-0.39, 0.29) is 0 Å². The molecule has 0 spiro atoms. The number of hydrogen-bond acceptors (Lipinski definition) is 2. The maximum absolute atomic E-state index is 4.15. The van der Waals surface area contributed by atoms with Crippen molar-refractivity contribution in [2.24, 2.45) is 11.3 Å². The third-order valence-corrected chi connectivity index (χ3v) is 3.88. The number of aromatic nitrogens is 1. The average molecular weight is 232 g/mol. The Morgan fingerprint density at radius 3 is 2.82 bits per heavy atom. The van der Waals surface area contributed by atoms with Crippen LogP contribution in [0.25, 0.3) is 0 Å². The van der Waals surface area contributed by atoms with Crippen LogP contribution in [0.1, 0.15) is 39.2 Å². The van der Waals surface area contributed by atoms with Crippen LogP contribution in [0.5, 0.6) is 0 Å². The van der Waals surface area contributed by atoms with Crippen LogP contribution < -0.4 is 5.32 Å². The SMILES string of the molecule is CC1CC(C)(C)CC1NCCc1cccnc1. The zero-order chi connectivity index (χ0) is 12.3. The number of nitrogens with one attached hydrogen (secondary N) is 1. The maximum atomic E-state index is 4.15. The highest BCUT2D eigenvalue weighted by Gasteiger charge is 2.35. The fourth-order valence-electron chi connectivity index (χ4n) is 3.11. The molecule has 0 aliphatic heterocycles. The van der Waals surface area contributed by atoms with Crippen molar-refractivity contribution in [2.45, 2.75) is 46.1 Å². The van der Waals surface area contributed by atoms with Crippen molar-refractivity contribution in [3.63, 3.8) is 0 Å². The Morgan fingerprint density at radius 2 is 2.24 bits per heavy atom. The second-order valence-corrected chi connectivity index (χ2v) is 6.22. The lowest BCUT2D eigenvalue weighted by Gasteiger charge is -2.18. The van der Waals surface area contributed by atoms with E-state index in [4.69, 9.17) is 0 Å². The molecule has 0 amide bonds. The lowest BCUT2D eigenvalue weighted by atomic mass is 9.91. The number of hydrogen-bond donors (Lipinski definition) is 1. The number of rotatable bonds is 4. The van der Waals surface area contributed by atoms with E-state index in [0.717, 1.165) is 18.9 Å². The largest absolute Gasteiger partial charge is 0.313 e. The summed E-state index contributed by atoms with van der Waals surface area (Å²) >= 11 is 0. The summed E-state index contributed by atoms with van der Waals surface area (Å²) in [7, 11) is 0. The van der Waals surface area contributed by atoms with Gasteiger partial charge in [-0.1, -0.05) is 26.8 Å². The normalized spacial score (nSPS) is 27.2. The van der Waals surface area contributed by atoms with Crippen molar-refractivity contribution < 1.29 is 0 Å². The van der Waals surface area contributed by atoms with E-state index in [1.165, 1.54) is 18.4 Å². The summed E-state index contributed by atoms with van der Waals surface area (Å²) in [5.74, 6) is 0.805. The summed E-state index contributed by atoms with van der Waals surface area (Å²) in [6.07, 6.45) is 7.53. The predicted molar refractivity (Wildman–Crippen MR) is 71.9 cm³/mol. The fourth-order valence-corrected chi connectivity index (χ4v) is 3.11. The summed E-state index contributed by atoms with van der Waals surface area (Å²) in [6, 6.07) is 4.86. The molecule has 2 nitrogen and oxygen atoms in total. The second kappa shape index (κ2) is 5.18. The minimum atomic E-state index is 0.519. The van der Waals surface area contributed by atoms with Gasteiger partial charge in [0.2, 0.25) is 0 Å². The topological polar surface area (TPSA) is 24.9 Å². The third-order valence-electron chi connectivity index (χ3n) is 3.88. The lowest BCUT2D eigenvalue weighted by molar-refractivity contribution is 0.362. The summed E-state index contributed by atoms with van der Waals surface area (Å²) in [5, 5.41) is 3.71. The van der Waals surface area contributed by atoms with Crippen molar-refractivity contribution in [2.75, 3.05) is 6.54 Å². The van der Waals surface area contributed by atoms with E-state index in [2.05, 4.69) is 37.1 Å². The van der Waals surface area contributed by atoms with E-state index in [9.17, 15) is 0 Å². The molecule has 1 aromatic rings. The third kappa shape index (κ3) is 3.53. The Morgan fingerprint density at radius 1 is 1.41 bits per heavy atom. The molecule has 2 unspecified atom stereocenters. The van der Waals surface area contributed by atoms with Gasteiger partial charge < -0.3 is 5.32 Å². The van der Waals surface area contributed by atoms with Gasteiger partial charge >= 0.3 is 0 Å². The zero-order valence-corrected chi connectivity index (χ0v) is 11.2. The summed E-state index contributed by atoms with van der Waals surface area (Å²) in [4.78, 5) is 4.15. The molecule has 1 aliphatic carbocycles. The van der Waals surface area contributed by atoms with E-state index >= 15 is 0 Å². The van der Waals surface area contributed by atoms with Crippen LogP contribution in [-0.4, -0.2) is 17.6 Å². The molecule has 0 bridgehead atoms. The first-order valence-electron chi connectivity index (χ1n) is 6.69. The van der Waals surface area contributed by atoms with Gasteiger partial charge in [-0.05, 0) is 48.8 Å². The van der Waals surface area contributed by atoms with Crippen LogP contribution in [0.2, 0.25) is 0 Å². The van der Waals surface area contributed by atoms with E-state index in [0.29, 0.717) is 11.5 Å². The highest BCUT2D eigenvalue weighted by atomic mass is 14.9. The van der Waals surface area contributed by atoms with Gasteiger partial charge in [-0.2, -0.15) is 0 Å². The van der Waals surface area contributed by atoms with Gasteiger partial charge in [0, 0.05) is 18.4 Å². The van der Waals surface area contributed by atoms with Crippen molar-refractivity contribution in [3.05, 3.63) is 30.1 Å². The van der Waals surface area contributed by atoms with Gasteiger partial charge in [0.1, 0.15) is 0 Å². The molecule has 1 N–H and O–H groups in total. The second-order valence-electron chi connectivity index (χ2n) is 6.22. The Kier molecular flexibility index (Phi) is 3.82. The first-order chi connectivity index (χ1) is 8.07. The highest BCUT2D eigenvalue weighted by molar-refractivity contribution is 5.08. The molecule has 0 radical (unpaired) electrons. The minimum absolute atomic E-state index is 0.519. The van der Waals surface area contributed by atoms with Gasteiger partial charge in [-0.25, -0.2) is 0 Å². The molecule has 1 heterocycles. The fraction of sp³-hybridized carbons (Fsp3) is 0.667. The maximum Gasteiger partial charge on any atom is 0.0300 e. The molecule has 94 valence electrons. The molecule has 2 atom stereocenters. The van der Waals surface area contributed by atoms with Gasteiger partial charge in [0.05, 0.1) is 0 Å². The van der Waals surface area contributed by atoms with E-state index < -0.39 is 0 Å². The molecule has 1 aromatic heterocycles. The lowest BCUT2D eigenvalue weighted by Crippen LogP contribution is -2.33. The van der Waals surface area contributed by atoms with Crippen LogP contribution in [0, 0.1) is 11.3 Å². The van der Waals surface area contributed by atoms with Gasteiger partial charge in [0.15, 0.2) is 0 Å². The minimum Gasteiger partial charge on any atom is -0.313 e. The van der Waals surface area contributed by atoms with Gasteiger partial charge in [0.25, 0.3) is 0 Å². The first kappa shape index (κ1) is 12.6. The number of nitrogens with zero attached hydrogens (tertiary/aromatic N) is 1. The molecule has 1 fully saturated rings. The standard InChI is InChI=1S/C15H24N2/c1-12-9-15(2,3)10-14(12)17-8-6-13-5-4-7-16-11-13/h4-5,7,11-12,14,17H,6,8-10H2,1-3H3. The number of pyridine rings is 1. The van der Waals surface area contributed by atoms with Crippen LogP contribution in [0.4, 0.5) is 0 Å². The Bertz CT molecular complexity index is 345. The quantitative estimate of drug-likeness (QED) is 0.863. The highest BCUT2D eigenvalue weighted by Crippen LogP contribution is 2.40. The monoisotopic (exact) mass is 232 g/mol. The summed E-state index contributed by atoms with van der Waals surface area (Å²) in [5.41, 5.74) is 1.84. The predicted octanol–water partition coefficient (Wildman–Crippen LogP) is 3.04. The van der Waals surface area contributed by atoms with Crippen LogP contribution in [0.15, 0.2) is 24.5 Å². The summed E-state index contributed by atoms with van der Waals surface area (Å²) in [6.45, 7) is 8.20. The van der Waals surface area contributed by atoms with Crippen molar-refractivity contribution in [1.82, 2.24) is 10.3 Å². The van der Waals surface area contributed by atoms with E-state index in [1.807, 2.05) is 18.5 Å². The summed E-state index contributed by atoms with van der Waals surface area (Å²) < 4.78 is 0.